The maximum absolute atomic E-state index is 5.61. The lowest BCUT2D eigenvalue weighted by Crippen LogP contribution is -2.53. The second-order valence-electron chi connectivity index (χ2n) is 5.32. The Morgan fingerprint density at radius 2 is 1.12 bits per heavy atom. The highest BCUT2D eigenvalue weighted by Gasteiger charge is 2.53. The first-order chi connectivity index (χ1) is 8.12. The van der Waals surface area contributed by atoms with Crippen LogP contribution in [0.4, 0.5) is 0 Å². The molecule has 0 aliphatic heterocycles. The highest BCUT2D eigenvalue weighted by molar-refractivity contribution is 4.96. The first-order valence-electron chi connectivity index (χ1n) is 6.33. The van der Waals surface area contributed by atoms with Crippen molar-refractivity contribution in [1.29, 1.82) is 0 Å². The molecule has 0 radical (unpaired) electrons. The molecule has 0 bridgehead atoms. The molecular formula is C13H24O4. The van der Waals surface area contributed by atoms with Crippen molar-refractivity contribution in [3.8, 4) is 0 Å². The van der Waals surface area contributed by atoms with Crippen molar-refractivity contribution in [2.24, 2.45) is 11.8 Å². The highest BCUT2D eigenvalue weighted by atomic mass is 16.7. The zero-order valence-corrected chi connectivity index (χ0v) is 11.3. The summed E-state index contributed by atoms with van der Waals surface area (Å²) >= 11 is 0. The van der Waals surface area contributed by atoms with Gasteiger partial charge in [-0.05, 0) is 24.7 Å². The molecule has 0 N–H and O–H groups in total. The van der Waals surface area contributed by atoms with E-state index < -0.39 is 11.6 Å². The SMILES string of the molecule is COC1(OC)CC(C2CC2)CC(OC)(OC)C1. The predicted octanol–water partition coefficient (Wildman–Crippen LogP) is 2.17. The third-order valence-electron chi connectivity index (χ3n) is 4.46. The molecule has 0 aromatic heterocycles. The van der Waals surface area contributed by atoms with Crippen LogP contribution in [0.5, 0.6) is 0 Å². The lowest BCUT2D eigenvalue weighted by Gasteiger charge is -2.47. The molecule has 2 saturated carbocycles. The zero-order valence-electron chi connectivity index (χ0n) is 11.3. The molecule has 0 amide bonds. The molecule has 17 heavy (non-hydrogen) atoms. The minimum atomic E-state index is -0.558. The van der Waals surface area contributed by atoms with Gasteiger partial charge < -0.3 is 18.9 Å². The van der Waals surface area contributed by atoms with E-state index in [1.54, 1.807) is 28.4 Å². The summed E-state index contributed by atoms with van der Waals surface area (Å²) in [5.41, 5.74) is 0. The van der Waals surface area contributed by atoms with Crippen molar-refractivity contribution in [3.63, 3.8) is 0 Å². The van der Waals surface area contributed by atoms with Crippen LogP contribution in [0.1, 0.15) is 32.1 Å². The predicted molar refractivity (Wildman–Crippen MR) is 63.6 cm³/mol. The number of methoxy groups -OCH3 is 4. The Bertz CT molecular complexity index is 234. The topological polar surface area (TPSA) is 36.9 Å². The van der Waals surface area contributed by atoms with Gasteiger partial charge in [0.15, 0.2) is 11.6 Å². The van der Waals surface area contributed by atoms with Gasteiger partial charge in [-0.25, -0.2) is 0 Å². The summed E-state index contributed by atoms with van der Waals surface area (Å²) in [6.45, 7) is 0. The second kappa shape index (κ2) is 4.84. The third kappa shape index (κ3) is 2.50. The molecule has 0 unspecified atom stereocenters. The zero-order chi connectivity index (χ0) is 12.5. The van der Waals surface area contributed by atoms with Gasteiger partial charge in [-0.15, -0.1) is 0 Å². The molecule has 4 nitrogen and oxygen atoms in total. The van der Waals surface area contributed by atoms with E-state index in [0.717, 1.165) is 18.8 Å². The normalized spacial score (nSPS) is 28.2. The average Bonchev–Trinajstić information content (AvgIpc) is 3.22. The Hall–Kier alpha value is -0.160. The molecule has 0 heterocycles. The van der Waals surface area contributed by atoms with E-state index in [2.05, 4.69) is 0 Å². The van der Waals surface area contributed by atoms with Crippen LogP contribution < -0.4 is 0 Å². The number of hydrogen-bond donors (Lipinski definition) is 0. The standard InChI is InChI=1S/C13H24O4/c1-14-12(15-2)7-11(10-5-6-10)8-13(9-12,16-3)17-4/h10-11H,5-9H2,1-4H3. The summed E-state index contributed by atoms with van der Waals surface area (Å²) in [6, 6.07) is 0. The van der Waals surface area contributed by atoms with Gasteiger partial charge in [0, 0.05) is 41.3 Å². The fourth-order valence-electron chi connectivity index (χ4n) is 3.12. The Labute approximate surface area is 104 Å². The van der Waals surface area contributed by atoms with Crippen LogP contribution in [-0.2, 0) is 18.9 Å². The van der Waals surface area contributed by atoms with Crippen molar-refractivity contribution >= 4 is 0 Å². The molecule has 2 fully saturated rings. The smallest absolute Gasteiger partial charge is 0.172 e. The first-order valence-corrected chi connectivity index (χ1v) is 6.33. The molecule has 0 spiro atoms. The molecule has 2 aliphatic rings. The maximum atomic E-state index is 5.61. The Kier molecular flexibility index (Phi) is 3.78. The van der Waals surface area contributed by atoms with Gasteiger partial charge in [0.05, 0.1) is 6.42 Å². The van der Waals surface area contributed by atoms with E-state index in [1.165, 1.54) is 12.8 Å². The Morgan fingerprint density at radius 1 is 0.706 bits per heavy atom. The van der Waals surface area contributed by atoms with E-state index in [-0.39, 0.29) is 0 Å². The average molecular weight is 244 g/mol. The first kappa shape index (κ1) is 13.3. The number of ether oxygens (including phenoxy) is 4. The number of hydrogen-bond acceptors (Lipinski definition) is 4. The van der Waals surface area contributed by atoms with Gasteiger partial charge in [-0.1, -0.05) is 0 Å². The second-order valence-corrected chi connectivity index (χ2v) is 5.32. The van der Waals surface area contributed by atoms with E-state index in [4.69, 9.17) is 18.9 Å². The largest absolute Gasteiger partial charge is 0.353 e. The molecule has 0 aromatic rings. The van der Waals surface area contributed by atoms with Crippen LogP contribution in [0, 0.1) is 11.8 Å². The minimum Gasteiger partial charge on any atom is -0.353 e. The fraction of sp³-hybridized carbons (Fsp3) is 1.00. The van der Waals surface area contributed by atoms with Gasteiger partial charge in [0.1, 0.15) is 0 Å². The lowest BCUT2D eigenvalue weighted by atomic mass is 9.77. The molecule has 4 heteroatoms. The van der Waals surface area contributed by atoms with E-state index in [1.807, 2.05) is 0 Å². The molecular weight excluding hydrogens is 220 g/mol. The Morgan fingerprint density at radius 3 is 1.41 bits per heavy atom. The van der Waals surface area contributed by atoms with Gasteiger partial charge in [-0.2, -0.15) is 0 Å². The van der Waals surface area contributed by atoms with Crippen molar-refractivity contribution in [2.75, 3.05) is 28.4 Å². The summed E-state index contributed by atoms with van der Waals surface area (Å²) < 4.78 is 22.5. The lowest BCUT2D eigenvalue weighted by molar-refractivity contribution is -0.324. The van der Waals surface area contributed by atoms with Crippen molar-refractivity contribution in [3.05, 3.63) is 0 Å². The van der Waals surface area contributed by atoms with Crippen LogP contribution in [0.15, 0.2) is 0 Å². The maximum Gasteiger partial charge on any atom is 0.172 e. The summed E-state index contributed by atoms with van der Waals surface area (Å²) in [7, 11) is 6.81. The van der Waals surface area contributed by atoms with E-state index in [9.17, 15) is 0 Å². The van der Waals surface area contributed by atoms with Gasteiger partial charge in [-0.3, -0.25) is 0 Å². The molecule has 2 aliphatic carbocycles. The number of rotatable bonds is 5. The highest BCUT2D eigenvalue weighted by Crippen LogP contribution is 2.51. The van der Waals surface area contributed by atoms with Crippen molar-refractivity contribution in [1.82, 2.24) is 0 Å². The van der Waals surface area contributed by atoms with Crippen molar-refractivity contribution < 1.29 is 18.9 Å². The van der Waals surface area contributed by atoms with E-state index in [0.29, 0.717) is 12.3 Å². The van der Waals surface area contributed by atoms with E-state index >= 15 is 0 Å². The van der Waals surface area contributed by atoms with Crippen LogP contribution in [-0.4, -0.2) is 40.0 Å². The summed E-state index contributed by atoms with van der Waals surface area (Å²) in [4.78, 5) is 0. The minimum absolute atomic E-state index is 0.558. The summed E-state index contributed by atoms with van der Waals surface area (Å²) in [5, 5.41) is 0. The van der Waals surface area contributed by atoms with Crippen LogP contribution in [0.25, 0.3) is 0 Å². The van der Waals surface area contributed by atoms with Crippen LogP contribution in [0.3, 0.4) is 0 Å². The van der Waals surface area contributed by atoms with Crippen molar-refractivity contribution in [2.45, 2.75) is 43.7 Å². The van der Waals surface area contributed by atoms with Gasteiger partial charge >= 0.3 is 0 Å². The molecule has 0 aromatic carbocycles. The van der Waals surface area contributed by atoms with Gasteiger partial charge in [0.25, 0.3) is 0 Å². The summed E-state index contributed by atoms with van der Waals surface area (Å²) in [6.07, 6.45) is 5.15. The van der Waals surface area contributed by atoms with Crippen LogP contribution in [0.2, 0.25) is 0 Å². The fourth-order valence-corrected chi connectivity index (χ4v) is 3.12. The molecule has 0 saturated heterocycles. The summed E-state index contributed by atoms with van der Waals surface area (Å²) in [5.74, 6) is 0.253. The monoisotopic (exact) mass is 244 g/mol. The van der Waals surface area contributed by atoms with Gasteiger partial charge in [0.2, 0.25) is 0 Å². The third-order valence-corrected chi connectivity index (χ3v) is 4.46. The van der Waals surface area contributed by atoms with Crippen LogP contribution >= 0.6 is 0 Å². The molecule has 2 rings (SSSR count). The quantitative estimate of drug-likeness (QED) is 0.695. The molecule has 0 atom stereocenters. The Balaban J connectivity index is 2.19. The molecule has 100 valence electrons.